The van der Waals surface area contributed by atoms with Crippen LogP contribution in [0, 0.1) is 23.2 Å². The molecule has 4 heterocycles. The number of ether oxygens (including phenoxy) is 2. The Bertz CT molecular complexity index is 2180. The smallest absolute Gasteiger partial charge is 0.240 e. The van der Waals surface area contributed by atoms with Gasteiger partial charge in [0.15, 0.2) is 5.78 Å². The minimum absolute atomic E-state index is 0.0585. The molecule has 0 radical (unpaired) electrons. The summed E-state index contributed by atoms with van der Waals surface area (Å²) in [6.45, 7) is 1.79. The molecule has 2 saturated carbocycles. The maximum absolute atomic E-state index is 14.8. The van der Waals surface area contributed by atoms with Crippen molar-refractivity contribution in [2.75, 3.05) is 26.7 Å². The second kappa shape index (κ2) is 16.9. The molecule has 2 aromatic carbocycles. The van der Waals surface area contributed by atoms with Crippen LogP contribution in [0.5, 0.6) is 11.5 Å². The number of aromatic nitrogens is 1. The Kier molecular flexibility index (Phi) is 11.7. The zero-order valence-corrected chi connectivity index (χ0v) is 34.0. The monoisotopic (exact) mass is 810 g/mol. The van der Waals surface area contributed by atoms with Gasteiger partial charge in [0.05, 0.1) is 41.6 Å². The number of hydrogen-bond donors (Lipinski definition) is 2. The first kappa shape index (κ1) is 40.2. The van der Waals surface area contributed by atoms with Gasteiger partial charge in [0.25, 0.3) is 0 Å². The van der Waals surface area contributed by atoms with Crippen molar-refractivity contribution < 1.29 is 37.1 Å². The summed E-state index contributed by atoms with van der Waals surface area (Å²) < 4.78 is 40.6. The van der Waals surface area contributed by atoms with E-state index in [1.54, 1.807) is 12.0 Å². The third-order valence-electron chi connectivity index (χ3n) is 12.8. The molecular formula is C45H54N4O8S. The Morgan fingerprint density at radius 1 is 1.00 bits per heavy atom. The van der Waals surface area contributed by atoms with Crippen molar-refractivity contribution in [3.8, 4) is 22.8 Å². The number of benzene rings is 2. The Labute approximate surface area is 340 Å². The SMILES string of the molecule is COc1ccc2c(O[C@@H]3C[C@H]4C(=O)C[C@]5(C(=O)NS(=O)(=O)C6CC6)C[C@H]5/C=C\CCCCC[C@H](CC(=O)C[C@@H]5CCNC5)C(=O)N4C3)cc(-c3ccccc3)nc2c1. The molecule has 0 spiro atoms. The van der Waals surface area contributed by atoms with E-state index in [-0.39, 0.29) is 55.1 Å². The molecule has 6 atom stereocenters. The average Bonchev–Trinajstić information content (AvgIpc) is 4.09. The highest BCUT2D eigenvalue weighted by atomic mass is 32.2. The lowest BCUT2D eigenvalue weighted by atomic mass is 9.89. The lowest BCUT2D eigenvalue weighted by Gasteiger charge is -2.29. The molecule has 2 N–H and O–H groups in total. The van der Waals surface area contributed by atoms with Crippen LogP contribution in [0.3, 0.4) is 0 Å². The summed E-state index contributed by atoms with van der Waals surface area (Å²) in [7, 11) is -2.25. The maximum atomic E-state index is 14.8. The van der Waals surface area contributed by atoms with Crippen molar-refractivity contribution in [2.45, 2.75) is 101 Å². The molecular weight excluding hydrogens is 757 g/mol. The average molecular weight is 811 g/mol. The van der Waals surface area contributed by atoms with E-state index in [0.29, 0.717) is 54.8 Å². The van der Waals surface area contributed by atoms with E-state index >= 15 is 0 Å². The van der Waals surface area contributed by atoms with Gasteiger partial charge >= 0.3 is 0 Å². The molecule has 0 bridgehead atoms. The molecule has 2 amide bonds. The Morgan fingerprint density at radius 3 is 2.59 bits per heavy atom. The Balaban J connectivity index is 1.11. The molecule has 8 rings (SSSR count). The third kappa shape index (κ3) is 8.85. The number of Topliss-reactive ketones (excluding diaryl/α,β-unsaturated/α-hetero) is 2. The van der Waals surface area contributed by atoms with Gasteiger partial charge in [-0.3, -0.25) is 23.9 Å². The summed E-state index contributed by atoms with van der Waals surface area (Å²) in [5.74, 6) is -0.581. The van der Waals surface area contributed by atoms with Gasteiger partial charge < -0.3 is 19.7 Å². The topological polar surface area (TPSA) is 161 Å². The number of allylic oxidation sites excluding steroid dienone is 2. The van der Waals surface area contributed by atoms with Gasteiger partial charge in [-0.2, -0.15) is 0 Å². The van der Waals surface area contributed by atoms with Crippen molar-refractivity contribution in [1.82, 2.24) is 19.9 Å². The highest BCUT2D eigenvalue weighted by Gasteiger charge is 2.61. The predicted octanol–water partition coefficient (Wildman–Crippen LogP) is 5.93. The summed E-state index contributed by atoms with van der Waals surface area (Å²) >= 11 is 0. The summed E-state index contributed by atoms with van der Waals surface area (Å²) in [5.41, 5.74) is 1.02. The number of sulfonamides is 1. The lowest BCUT2D eigenvalue weighted by Crippen LogP contribution is -2.46. The number of hydrogen-bond acceptors (Lipinski definition) is 10. The van der Waals surface area contributed by atoms with Crippen LogP contribution >= 0.6 is 0 Å². The van der Waals surface area contributed by atoms with Crippen LogP contribution in [0.25, 0.3) is 22.2 Å². The van der Waals surface area contributed by atoms with Gasteiger partial charge in [-0.05, 0) is 82.0 Å². The number of fused-ring (bicyclic) bond motifs is 3. The normalized spacial score (nSPS) is 28.5. The van der Waals surface area contributed by atoms with Crippen molar-refractivity contribution >= 4 is 44.3 Å². The third-order valence-corrected chi connectivity index (χ3v) is 14.6. The summed E-state index contributed by atoms with van der Waals surface area (Å²) in [5, 5.41) is 3.48. The van der Waals surface area contributed by atoms with Crippen molar-refractivity contribution in [2.24, 2.45) is 23.2 Å². The van der Waals surface area contributed by atoms with Crippen LogP contribution in [0.1, 0.15) is 83.5 Å². The van der Waals surface area contributed by atoms with E-state index in [0.717, 1.165) is 56.1 Å². The van der Waals surface area contributed by atoms with Crippen molar-refractivity contribution in [3.05, 3.63) is 66.7 Å². The Morgan fingerprint density at radius 2 is 1.83 bits per heavy atom. The van der Waals surface area contributed by atoms with Crippen molar-refractivity contribution in [1.29, 1.82) is 0 Å². The van der Waals surface area contributed by atoms with E-state index in [2.05, 4.69) is 10.0 Å². The molecule has 12 nitrogen and oxygen atoms in total. The van der Waals surface area contributed by atoms with E-state index in [9.17, 15) is 27.6 Å². The molecule has 58 heavy (non-hydrogen) atoms. The molecule has 3 aliphatic heterocycles. The number of methoxy groups -OCH3 is 1. The number of amides is 2. The lowest BCUT2D eigenvalue weighted by molar-refractivity contribution is -0.143. The molecule has 4 fully saturated rings. The fourth-order valence-electron chi connectivity index (χ4n) is 9.23. The molecule has 2 saturated heterocycles. The number of carbonyl (C=O) groups is 4. The van der Waals surface area contributed by atoms with E-state index in [4.69, 9.17) is 14.5 Å². The van der Waals surface area contributed by atoms with Gasteiger partial charge in [-0.15, -0.1) is 0 Å². The van der Waals surface area contributed by atoms with E-state index in [1.807, 2.05) is 66.7 Å². The predicted molar refractivity (Wildman–Crippen MR) is 219 cm³/mol. The fourth-order valence-corrected chi connectivity index (χ4v) is 10.6. The second-order valence-corrected chi connectivity index (χ2v) is 19.1. The summed E-state index contributed by atoms with van der Waals surface area (Å²) in [4.78, 5) is 63.5. The molecule has 2 aliphatic carbocycles. The molecule has 0 unspecified atom stereocenters. The first-order valence-electron chi connectivity index (χ1n) is 21.0. The minimum Gasteiger partial charge on any atom is -0.497 e. The van der Waals surface area contributed by atoms with Crippen LogP contribution in [0.4, 0.5) is 0 Å². The largest absolute Gasteiger partial charge is 0.497 e. The molecule has 13 heteroatoms. The van der Waals surface area contributed by atoms with Crippen LogP contribution in [0.15, 0.2) is 66.7 Å². The quantitative estimate of drug-likeness (QED) is 0.222. The van der Waals surface area contributed by atoms with E-state index < -0.39 is 44.7 Å². The number of carbonyl (C=O) groups excluding carboxylic acids is 4. The zero-order chi connectivity index (χ0) is 40.4. The van der Waals surface area contributed by atoms with Gasteiger partial charge in [-0.1, -0.05) is 55.3 Å². The van der Waals surface area contributed by atoms with Crippen molar-refractivity contribution in [3.63, 3.8) is 0 Å². The molecule has 308 valence electrons. The van der Waals surface area contributed by atoms with Crippen LogP contribution < -0.4 is 19.5 Å². The zero-order valence-electron chi connectivity index (χ0n) is 33.2. The number of pyridine rings is 1. The standard InChI is InChI=1S/C45H54N4O8S/c1-56-34-14-17-37-39(22-34)47-38(30-10-7-5-8-11-30)24-42(37)57-35-23-40-41(51)26-45(44(53)48-58(54,55)36-15-16-36)25-32(45)13-9-4-2-3-6-12-31(43(52)49(40)28-35)21-33(50)20-29-18-19-46-27-29/h5,7-11,13-14,17,22,24,29,31-32,35-36,40,46H,2-4,6,12,15-16,18-21,23,25-28H2,1H3,(H,48,53)/b13-9-/t29-,31+,32+,35+,40-,45+/m0/s1. The van der Waals surface area contributed by atoms with Gasteiger partial charge in [0.1, 0.15) is 23.4 Å². The van der Waals surface area contributed by atoms with Crippen LogP contribution in [-0.2, 0) is 29.2 Å². The van der Waals surface area contributed by atoms with Crippen LogP contribution in [-0.4, -0.2) is 85.8 Å². The highest BCUT2D eigenvalue weighted by molar-refractivity contribution is 7.90. The van der Waals surface area contributed by atoms with Gasteiger partial charge in [-0.25, -0.2) is 13.4 Å². The molecule has 5 aliphatic rings. The minimum atomic E-state index is -3.84. The van der Waals surface area contributed by atoms with Gasteiger partial charge in [0.2, 0.25) is 21.8 Å². The first-order valence-corrected chi connectivity index (χ1v) is 22.6. The number of ketones is 2. The molecule has 1 aromatic heterocycles. The maximum Gasteiger partial charge on any atom is 0.240 e. The first-order chi connectivity index (χ1) is 28.0. The fraction of sp³-hybridized carbons (Fsp3) is 0.533. The highest BCUT2D eigenvalue weighted by Crippen LogP contribution is 2.57. The number of nitrogens with zero attached hydrogens (tertiary/aromatic N) is 2. The van der Waals surface area contributed by atoms with E-state index in [1.165, 1.54) is 0 Å². The Hall–Kier alpha value is -4.62. The summed E-state index contributed by atoms with van der Waals surface area (Å²) in [6.07, 6.45) is 10.0. The van der Waals surface area contributed by atoms with Gasteiger partial charge in [0, 0.05) is 54.7 Å². The van der Waals surface area contributed by atoms with Crippen LogP contribution in [0.2, 0.25) is 0 Å². The summed E-state index contributed by atoms with van der Waals surface area (Å²) in [6, 6.07) is 16.3. The molecule has 3 aromatic rings. The second-order valence-electron chi connectivity index (χ2n) is 17.1. The number of nitrogens with one attached hydrogen (secondary N) is 2. The number of rotatable bonds is 11.